The lowest BCUT2D eigenvalue weighted by molar-refractivity contribution is 0.102. The van der Waals surface area contributed by atoms with Crippen LogP contribution in [0.4, 0.5) is 10.1 Å². The number of fused-ring (bicyclic) bond motifs is 2. The van der Waals surface area contributed by atoms with E-state index < -0.39 is 17.3 Å². The SMILES string of the molecule is COc1ccc(-c2cc(C(=O)Nc3cc4c(=O)[nH]cnc4cc3F)c3ccccc3n2)cc1OC. The van der Waals surface area contributed by atoms with Crippen molar-refractivity contribution >= 4 is 33.4 Å². The number of carbonyl (C=O) groups is 1. The quantitative estimate of drug-likeness (QED) is 0.391. The number of anilines is 1. The Labute approximate surface area is 198 Å². The van der Waals surface area contributed by atoms with Gasteiger partial charge < -0.3 is 19.8 Å². The molecular weight excluding hydrogens is 451 g/mol. The first-order chi connectivity index (χ1) is 17.0. The molecule has 0 bridgehead atoms. The number of rotatable bonds is 5. The maximum Gasteiger partial charge on any atom is 0.258 e. The molecule has 0 spiro atoms. The zero-order chi connectivity index (χ0) is 24.5. The minimum Gasteiger partial charge on any atom is -0.493 e. The number of para-hydroxylation sites is 1. The Hall–Kier alpha value is -4.79. The number of nitrogens with one attached hydrogen (secondary N) is 2. The number of amides is 1. The highest BCUT2D eigenvalue weighted by atomic mass is 19.1. The molecule has 8 nitrogen and oxygen atoms in total. The van der Waals surface area contributed by atoms with Crippen LogP contribution in [0.25, 0.3) is 33.1 Å². The van der Waals surface area contributed by atoms with E-state index in [2.05, 4.69) is 15.3 Å². The molecule has 2 aromatic heterocycles. The molecule has 0 atom stereocenters. The predicted octanol–water partition coefficient (Wildman–Crippen LogP) is 4.55. The lowest BCUT2D eigenvalue weighted by Gasteiger charge is -2.13. The van der Waals surface area contributed by atoms with Crippen molar-refractivity contribution < 1.29 is 18.7 Å². The van der Waals surface area contributed by atoms with E-state index >= 15 is 0 Å². The molecular formula is C26H19FN4O4. The summed E-state index contributed by atoms with van der Waals surface area (Å²) < 4.78 is 25.4. The number of methoxy groups -OCH3 is 2. The third-order valence-electron chi connectivity index (χ3n) is 5.62. The summed E-state index contributed by atoms with van der Waals surface area (Å²) in [5.41, 5.74) is 1.73. The molecule has 9 heteroatoms. The van der Waals surface area contributed by atoms with E-state index in [1.165, 1.54) is 19.5 Å². The van der Waals surface area contributed by atoms with Crippen LogP contribution < -0.4 is 20.3 Å². The summed E-state index contributed by atoms with van der Waals surface area (Å²) in [4.78, 5) is 36.6. The third-order valence-corrected chi connectivity index (χ3v) is 5.62. The van der Waals surface area contributed by atoms with Crippen LogP contribution in [-0.4, -0.2) is 35.1 Å². The Balaban J connectivity index is 1.61. The second-order valence-corrected chi connectivity index (χ2v) is 7.68. The molecule has 0 aliphatic rings. The molecule has 0 aliphatic carbocycles. The number of carbonyl (C=O) groups excluding carboxylic acids is 1. The van der Waals surface area contributed by atoms with Gasteiger partial charge in [0.1, 0.15) is 5.82 Å². The van der Waals surface area contributed by atoms with Gasteiger partial charge in [-0.25, -0.2) is 14.4 Å². The monoisotopic (exact) mass is 470 g/mol. The van der Waals surface area contributed by atoms with Gasteiger partial charge in [0, 0.05) is 17.0 Å². The van der Waals surface area contributed by atoms with Gasteiger partial charge in [-0.3, -0.25) is 9.59 Å². The molecule has 174 valence electrons. The Bertz CT molecular complexity index is 1670. The van der Waals surface area contributed by atoms with Crippen LogP contribution >= 0.6 is 0 Å². The number of pyridine rings is 1. The molecule has 0 unspecified atom stereocenters. The fourth-order valence-electron chi connectivity index (χ4n) is 3.88. The zero-order valence-corrected chi connectivity index (χ0v) is 18.8. The third kappa shape index (κ3) is 4.04. The van der Waals surface area contributed by atoms with Gasteiger partial charge in [0.2, 0.25) is 0 Å². The zero-order valence-electron chi connectivity index (χ0n) is 18.8. The van der Waals surface area contributed by atoms with Gasteiger partial charge >= 0.3 is 0 Å². The van der Waals surface area contributed by atoms with E-state index in [0.717, 1.165) is 6.07 Å². The first-order valence-corrected chi connectivity index (χ1v) is 10.6. The highest BCUT2D eigenvalue weighted by Gasteiger charge is 2.17. The van der Waals surface area contributed by atoms with E-state index in [-0.39, 0.29) is 16.6 Å². The van der Waals surface area contributed by atoms with Crippen LogP contribution in [-0.2, 0) is 0 Å². The van der Waals surface area contributed by atoms with Crippen molar-refractivity contribution in [3.8, 4) is 22.8 Å². The number of H-pyrrole nitrogens is 1. The largest absolute Gasteiger partial charge is 0.493 e. The van der Waals surface area contributed by atoms with E-state index in [4.69, 9.17) is 14.5 Å². The summed E-state index contributed by atoms with van der Waals surface area (Å²) in [5, 5.41) is 3.34. The molecule has 2 heterocycles. The van der Waals surface area contributed by atoms with Crippen molar-refractivity contribution in [2.45, 2.75) is 0 Å². The van der Waals surface area contributed by atoms with Gasteiger partial charge in [0.25, 0.3) is 11.5 Å². The number of nitrogens with zero attached hydrogens (tertiary/aromatic N) is 2. The number of aromatic nitrogens is 3. The van der Waals surface area contributed by atoms with E-state index in [0.29, 0.717) is 39.2 Å². The van der Waals surface area contributed by atoms with E-state index in [1.54, 1.807) is 43.5 Å². The van der Waals surface area contributed by atoms with Gasteiger partial charge in [0.15, 0.2) is 11.5 Å². The molecule has 5 aromatic rings. The fraction of sp³-hybridized carbons (Fsp3) is 0.0769. The Morgan fingerprint density at radius 2 is 1.74 bits per heavy atom. The second-order valence-electron chi connectivity index (χ2n) is 7.68. The number of ether oxygens (including phenoxy) is 2. The molecule has 0 radical (unpaired) electrons. The smallest absolute Gasteiger partial charge is 0.258 e. The van der Waals surface area contributed by atoms with E-state index in [9.17, 15) is 14.0 Å². The average Bonchev–Trinajstić information content (AvgIpc) is 2.88. The Morgan fingerprint density at radius 3 is 2.54 bits per heavy atom. The van der Waals surface area contributed by atoms with Crippen molar-refractivity contribution in [2.75, 3.05) is 19.5 Å². The van der Waals surface area contributed by atoms with Gasteiger partial charge in [-0.1, -0.05) is 18.2 Å². The minimum absolute atomic E-state index is 0.130. The fourth-order valence-corrected chi connectivity index (χ4v) is 3.88. The predicted molar refractivity (Wildman–Crippen MR) is 131 cm³/mol. The maximum absolute atomic E-state index is 14.7. The number of hydrogen-bond donors (Lipinski definition) is 2. The van der Waals surface area contributed by atoms with Crippen molar-refractivity contribution in [3.05, 3.63) is 88.7 Å². The number of halogens is 1. The van der Waals surface area contributed by atoms with Crippen molar-refractivity contribution in [1.29, 1.82) is 0 Å². The van der Waals surface area contributed by atoms with Gasteiger partial charge in [0.05, 0.1) is 53.9 Å². The Kier molecular flexibility index (Phi) is 5.58. The van der Waals surface area contributed by atoms with Crippen LogP contribution in [0, 0.1) is 5.82 Å². The summed E-state index contributed by atoms with van der Waals surface area (Å²) >= 11 is 0. The molecule has 0 aliphatic heterocycles. The van der Waals surface area contributed by atoms with Gasteiger partial charge in [-0.2, -0.15) is 0 Å². The normalized spacial score (nSPS) is 10.9. The van der Waals surface area contributed by atoms with Crippen LogP contribution in [0.2, 0.25) is 0 Å². The average molecular weight is 470 g/mol. The maximum atomic E-state index is 14.7. The summed E-state index contributed by atoms with van der Waals surface area (Å²) in [6.07, 6.45) is 1.20. The number of aromatic amines is 1. The molecule has 0 saturated heterocycles. The molecule has 0 fully saturated rings. The van der Waals surface area contributed by atoms with E-state index in [1.807, 2.05) is 12.1 Å². The topological polar surface area (TPSA) is 106 Å². The molecule has 35 heavy (non-hydrogen) atoms. The van der Waals surface area contributed by atoms with Crippen molar-refractivity contribution in [2.24, 2.45) is 0 Å². The summed E-state index contributed by atoms with van der Waals surface area (Å²) in [7, 11) is 3.08. The highest BCUT2D eigenvalue weighted by molar-refractivity contribution is 6.13. The lowest BCUT2D eigenvalue weighted by atomic mass is 10.0. The van der Waals surface area contributed by atoms with Gasteiger partial charge in [-0.05, 0) is 36.4 Å². The summed E-state index contributed by atoms with van der Waals surface area (Å²) in [6.45, 7) is 0. The number of hydrogen-bond acceptors (Lipinski definition) is 6. The van der Waals surface area contributed by atoms with Crippen LogP contribution in [0.15, 0.2) is 71.8 Å². The lowest BCUT2D eigenvalue weighted by Crippen LogP contribution is -2.15. The molecule has 2 N–H and O–H groups in total. The highest BCUT2D eigenvalue weighted by Crippen LogP contribution is 2.33. The van der Waals surface area contributed by atoms with Gasteiger partial charge in [-0.15, -0.1) is 0 Å². The minimum atomic E-state index is -0.706. The van der Waals surface area contributed by atoms with Crippen LogP contribution in [0.5, 0.6) is 11.5 Å². The molecule has 3 aromatic carbocycles. The Morgan fingerprint density at radius 1 is 0.943 bits per heavy atom. The van der Waals surface area contributed by atoms with Crippen molar-refractivity contribution in [3.63, 3.8) is 0 Å². The molecule has 0 saturated carbocycles. The number of benzene rings is 3. The standard InChI is InChI=1S/C26H19FN4O4/c1-34-23-8-7-14(9-24(23)35-2)20-10-16(15-5-3-4-6-19(15)30-20)26(33)31-22-11-17-21(12-18(22)27)28-13-29-25(17)32/h3-13H,1-2H3,(H,31,33)(H,28,29,32). The first kappa shape index (κ1) is 22.0. The van der Waals surface area contributed by atoms with Crippen LogP contribution in [0.1, 0.15) is 10.4 Å². The summed E-state index contributed by atoms with van der Waals surface area (Å²) in [6, 6.07) is 16.5. The van der Waals surface area contributed by atoms with Crippen molar-refractivity contribution in [1.82, 2.24) is 15.0 Å². The molecule has 5 rings (SSSR count). The second kappa shape index (κ2) is 8.86. The first-order valence-electron chi connectivity index (χ1n) is 10.6. The molecule has 1 amide bonds. The van der Waals surface area contributed by atoms with Crippen LogP contribution in [0.3, 0.4) is 0 Å². The summed E-state index contributed by atoms with van der Waals surface area (Å²) in [5.74, 6) is -0.180.